The lowest BCUT2D eigenvalue weighted by Gasteiger charge is -2.18. The van der Waals surface area contributed by atoms with Crippen LogP contribution in [0.2, 0.25) is 0 Å². The lowest BCUT2D eigenvalue weighted by molar-refractivity contribution is -0.155. The van der Waals surface area contributed by atoms with Gasteiger partial charge in [0.25, 0.3) is 0 Å². The number of carboxylic acid groups (broad SMARTS) is 1. The van der Waals surface area contributed by atoms with Crippen LogP contribution in [0, 0.1) is 0 Å². The van der Waals surface area contributed by atoms with Crippen LogP contribution >= 0.6 is 15.9 Å². The number of urea groups is 1. The fraction of sp³-hybridized carbons (Fsp3) is 0.385. The Labute approximate surface area is 130 Å². The van der Waals surface area contributed by atoms with Crippen LogP contribution in [-0.4, -0.2) is 41.0 Å². The summed E-state index contributed by atoms with van der Waals surface area (Å²) < 4.78 is 6.02. The van der Waals surface area contributed by atoms with Crippen molar-refractivity contribution in [3.8, 4) is 5.75 Å². The molecule has 0 saturated carbocycles. The number of aliphatic carboxylic acids is 1. The van der Waals surface area contributed by atoms with Crippen LogP contribution in [0.25, 0.3) is 0 Å². The van der Waals surface area contributed by atoms with Crippen molar-refractivity contribution in [3.05, 3.63) is 22.7 Å². The van der Waals surface area contributed by atoms with Crippen molar-refractivity contribution in [3.63, 3.8) is 0 Å². The van der Waals surface area contributed by atoms with E-state index in [0.717, 1.165) is 6.92 Å². The van der Waals surface area contributed by atoms with Crippen LogP contribution in [0.15, 0.2) is 22.7 Å². The molecule has 116 valence electrons. The highest BCUT2D eigenvalue weighted by Gasteiger charge is 2.30. The molecular weight excluding hydrogens is 344 g/mol. The molecule has 0 fully saturated rings. The predicted molar refractivity (Wildman–Crippen MR) is 80.6 cm³/mol. The van der Waals surface area contributed by atoms with E-state index in [2.05, 4.69) is 26.6 Å². The standard InChI is InChI=1S/C13H17BrN2O5/c1-3-21-10-5-4-8(6-9(10)14)16-12(19)15-7-13(2,20)11(17)18/h4-6,20H,3,7H2,1-2H3,(H,17,18)(H2,15,16,19). The summed E-state index contributed by atoms with van der Waals surface area (Å²) in [4.78, 5) is 22.3. The molecule has 1 aromatic rings. The average Bonchev–Trinajstić information content (AvgIpc) is 2.40. The Morgan fingerprint density at radius 1 is 1.43 bits per heavy atom. The Bertz CT molecular complexity index is 533. The molecule has 0 bridgehead atoms. The average molecular weight is 361 g/mol. The van der Waals surface area contributed by atoms with Crippen LogP contribution in [-0.2, 0) is 4.79 Å². The molecule has 4 N–H and O–H groups in total. The Hall–Kier alpha value is -1.80. The summed E-state index contributed by atoms with van der Waals surface area (Å²) in [5, 5.41) is 23.0. The van der Waals surface area contributed by atoms with Gasteiger partial charge in [-0.05, 0) is 48.0 Å². The van der Waals surface area contributed by atoms with Crippen molar-refractivity contribution in [1.82, 2.24) is 5.32 Å². The van der Waals surface area contributed by atoms with E-state index >= 15 is 0 Å². The highest BCUT2D eigenvalue weighted by atomic mass is 79.9. The minimum Gasteiger partial charge on any atom is -0.493 e. The molecule has 0 aromatic heterocycles. The van der Waals surface area contributed by atoms with E-state index in [4.69, 9.17) is 9.84 Å². The maximum absolute atomic E-state index is 11.6. The lowest BCUT2D eigenvalue weighted by Crippen LogP contribution is -2.47. The molecule has 1 atom stereocenters. The fourth-order valence-electron chi connectivity index (χ4n) is 1.35. The van der Waals surface area contributed by atoms with Gasteiger partial charge in [0.15, 0.2) is 5.60 Å². The van der Waals surface area contributed by atoms with E-state index in [9.17, 15) is 14.7 Å². The summed E-state index contributed by atoms with van der Waals surface area (Å²) in [6.07, 6.45) is 0. The predicted octanol–water partition coefficient (Wildman–Crippen LogP) is 1.80. The van der Waals surface area contributed by atoms with Crippen LogP contribution < -0.4 is 15.4 Å². The lowest BCUT2D eigenvalue weighted by atomic mass is 10.1. The van der Waals surface area contributed by atoms with Crippen molar-refractivity contribution in [2.24, 2.45) is 0 Å². The van der Waals surface area contributed by atoms with Crippen LogP contribution in [0.5, 0.6) is 5.75 Å². The maximum Gasteiger partial charge on any atom is 0.337 e. The van der Waals surface area contributed by atoms with Crippen LogP contribution in [0.3, 0.4) is 0 Å². The Balaban J connectivity index is 2.59. The van der Waals surface area contributed by atoms with Gasteiger partial charge in [0, 0.05) is 5.69 Å². The highest BCUT2D eigenvalue weighted by Crippen LogP contribution is 2.28. The first-order valence-corrected chi connectivity index (χ1v) is 6.98. The molecule has 1 aromatic carbocycles. The van der Waals surface area contributed by atoms with E-state index in [1.54, 1.807) is 18.2 Å². The largest absolute Gasteiger partial charge is 0.493 e. The Kier molecular flexibility index (Phi) is 5.98. The third-order valence-corrected chi connectivity index (χ3v) is 3.16. The molecule has 2 amide bonds. The first-order chi connectivity index (χ1) is 9.76. The van der Waals surface area contributed by atoms with E-state index in [1.807, 2.05) is 6.92 Å². The van der Waals surface area contributed by atoms with E-state index in [0.29, 0.717) is 22.5 Å². The number of benzene rings is 1. The van der Waals surface area contributed by atoms with Crippen molar-refractivity contribution in [1.29, 1.82) is 0 Å². The minimum absolute atomic E-state index is 0.410. The summed E-state index contributed by atoms with van der Waals surface area (Å²) in [6, 6.07) is 4.37. The van der Waals surface area contributed by atoms with Crippen molar-refractivity contribution >= 4 is 33.6 Å². The second-order valence-corrected chi connectivity index (χ2v) is 5.32. The second kappa shape index (κ2) is 7.28. The number of nitrogens with one attached hydrogen (secondary N) is 2. The molecule has 8 heteroatoms. The number of hydrogen-bond acceptors (Lipinski definition) is 4. The van der Waals surface area contributed by atoms with Gasteiger partial charge >= 0.3 is 12.0 Å². The molecule has 0 aliphatic heterocycles. The molecule has 21 heavy (non-hydrogen) atoms. The third kappa shape index (κ3) is 5.24. The summed E-state index contributed by atoms with van der Waals surface area (Å²) in [5.41, 5.74) is -1.52. The second-order valence-electron chi connectivity index (χ2n) is 4.46. The molecule has 0 aliphatic rings. The highest BCUT2D eigenvalue weighted by molar-refractivity contribution is 9.10. The first kappa shape index (κ1) is 17.3. The molecule has 0 radical (unpaired) electrons. The van der Waals surface area contributed by atoms with Crippen LogP contribution in [0.1, 0.15) is 13.8 Å². The van der Waals surface area contributed by atoms with Gasteiger partial charge in [-0.25, -0.2) is 9.59 Å². The molecule has 0 spiro atoms. The van der Waals surface area contributed by atoms with E-state index < -0.39 is 24.1 Å². The number of rotatable bonds is 6. The number of anilines is 1. The van der Waals surface area contributed by atoms with Crippen molar-refractivity contribution in [2.75, 3.05) is 18.5 Å². The van der Waals surface area contributed by atoms with Gasteiger partial charge in [0.2, 0.25) is 0 Å². The zero-order valence-electron chi connectivity index (χ0n) is 11.6. The summed E-state index contributed by atoms with van der Waals surface area (Å²) >= 11 is 3.31. The van der Waals surface area contributed by atoms with Crippen molar-refractivity contribution in [2.45, 2.75) is 19.4 Å². The third-order valence-electron chi connectivity index (χ3n) is 2.54. The van der Waals surface area contributed by atoms with Gasteiger partial charge < -0.3 is 25.6 Å². The SMILES string of the molecule is CCOc1ccc(NC(=O)NCC(C)(O)C(=O)O)cc1Br. The number of hydrogen-bond donors (Lipinski definition) is 4. The number of carbonyl (C=O) groups excluding carboxylic acids is 1. The summed E-state index contributed by atoms with van der Waals surface area (Å²) in [7, 11) is 0. The fourth-order valence-corrected chi connectivity index (χ4v) is 1.85. The van der Waals surface area contributed by atoms with E-state index in [-0.39, 0.29) is 0 Å². The molecular formula is C13H17BrN2O5. The quantitative estimate of drug-likeness (QED) is 0.618. The van der Waals surface area contributed by atoms with Gasteiger partial charge in [-0.2, -0.15) is 0 Å². The topological polar surface area (TPSA) is 108 Å². The van der Waals surface area contributed by atoms with Gasteiger partial charge in [0.1, 0.15) is 5.75 Å². The molecule has 0 saturated heterocycles. The normalized spacial score (nSPS) is 13.1. The van der Waals surface area contributed by atoms with Crippen LogP contribution in [0.4, 0.5) is 10.5 Å². The summed E-state index contributed by atoms with van der Waals surface area (Å²) in [5.74, 6) is -0.760. The Morgan fingerprint density at radius 3 is 2.62 bits per heavy atom. The number of aliphatic hydroxyl groups is 1. The zero-order chi connectivity index (χ0) is 16.0. The smallest absolute Gasteiger partial charge is 0.337 e. The number of carboxylic acids is 1. The summed E-state index contributed by atoms with van der Waals surface area (Å²) in [6.45, 7) is 3.08. The zero-order valence-corrected chi connectivity index (χ0v) is 13.2. The molecule has 0 aliphatic carbocycles. The van der Waals surface area contributed by atoms with E-state index in [1.165, 1.54) is 0 Å². The van der Waals surface area contributed by atoms with Gasteiger partial charge in [-0.15, -0.1) is 0 Å². The number of ether oxygens (including phenoxy) is 1. The van der Waals surface area contributed by atoms with Gasteiger partial charge in [-0.1, -0.05) is 0 Å². The molecule has 1 rings (SSSR count). The number of carbonyl (C=O) groups is 2. The monoisotopic (exact) mass is 360 g/mol. The molecule has 0 heterocycles. The van der Waals surface area contributed by atoms with Gasteiger partial charge in [0.05, 0.1) is 17.6 Å². The minimum atomic E-state index is -2.02. The maximum atomic E-state index is 11.6. The Morgan fingerprint density at radius 2 is 2.10 bits per heavy atom. The van der Waals surface area contributed by atoms with Crippen molar-refractivity contribution < 1.29 is 24.5 Å². The number of amides is 2. The molecule has 1 unspecified atom stereocenters. The first-order valence-electron chi connectivity index (χ1n) is 6.19. The molecule has 7 nitrogen and oxygen atoms in total. The number of halogens is 1. The van der Waals surface area contributed by atoms with Gasteiger partial charge in [-0.3, -0.25) is 0 Å².